The van der Waals surface area contributed by atoms with E-state index in [4.69, 9.17) is 4.98 Å². The minimum Gasteiger partial charge on any atom is -0.344 e. The third-order valence-corrected chi connectivity index (χ3v) is 5.90. The fourth-order valence-corrected chi connectivity index (χ4v) is 4.18. The number of aromatic nitrogens is 2. The van der Waals surface area contributed by atoms with Crippen molar-refractivity contribution < 1.29 is 14.4 Å². The zero-order valence-corrected chi connectivity index (χ0v) is 17.9. The van der Waals surface area contributed by atoms with Crippen LogP contribution in [0.5, 0.6) is 0 Å². The Bertz CT molecular complexity index is 1010. The summed E-state index contributed by atoms with van der Waals surface area (Å²) < 4.78 is 0. The SMILES string of the molecule is Cc1nc(CN(C)C(=O)[C@@H]2CCC(=O)N2)nc2c1CCC(=O)N2CCc1ccccc1. The van der Waals surface area contributed by atoms with E-state index in [2.05, 4.69) is 10.3 Å². The van der Waals surface area contributed by atoms with Crippen LogP contribution in [-0.4, -0.2) is 52.2 Å². The van der Waals surface area contributed by atoms with Gasteiger partial charge in [-0.25, -0.2) is 9.97 Å². The van der Waals surface area contributed by atoms with Crippen molar-refractivity contribution in [2.75, 3.05) is 18.5 Å². The van der Waals surface area contributed by atoms with Gasteiger partial charge in [0, 0.05) is 37.7 Å². The van der Waals surface area contributed by atoms with E-state index in [1.165, 1.54) is 4.90 Å². The molecular formula is C23H27N5O3. The van der Waals surface area contributed by atoms with Crippen LogP contribution in [0.15, 0.2) is 30.3 Å². The number of carbonyl (C=O) groups is 3. The number of fused-ring (bicyclic) bond motifs is 1. The summed E-state index contributed by atoms with van der Waals surface area (Å²) in [5.74, 6) is 0.966. The first-order valence-corrected chi connectivity index (χ1v) is 10.7. The monoisotopic (exact) mass is 421 g/mol. The van der Waals surface area contributed by atoms with Gasteiger partial charge < -0.3 is 10.2 Å². The number of hydrogen-bond donors (Lipinski definition) is 1. The average molecular weight is 422 g/mol. The van der Waals surface area contributed by atoms with Gasteiger partial charge in [-0.05, 0) is 31.7 Å². The average Bonchev–Trinajstić information content (AvgIpc) is 3.19. The van der Waals surface area contributed by atoms with E-state index in [9.17, 15) is 14.4 Å². The number of aryl methyl sites for hydroxylation is 1. The summed E-state index contributed by atoms with van der Waals surface area (Å²) in [7, 11) is 1.68. The highest BCUT2D eigenvalue weighted by molar-refractivity contribution is 5.95. The summed E-state index contributed by atoms with van der Waals surface area (Å²) in [6.45, 7) is 2.70. The molecule has 8 heteroatoms. The number of likely N-dealkylation sites (N-methyl/N-ethyl adjacent to an activating group) is 1. The highest BCUT2D eigenvalue weighted by Crippen LogP contribution is 2.28. The molecule has 0 aliphatic carbocycles. The number of hydrogen-bond acceptors (Lipinski definition) is 5. The number of rotatable bonds is 6. The van der Waals surface area contributed by atoms with Gasteiger partial charge in [0.25, 0.3) is 0 Å². The quantitative estimate of drug-likeness (QED) is 0.764. The van der Waals surface area contributed by atoms with Gasteiger partial charge in [-0.1, -0.05) is 30.3 Å². The molecule has 0 spiro atoms. The summed E-state index contributed by atoms with van der Waals surface area (Å²) in [6.07, 6.45) is 2.70. The second-order valence-corrected chi connectivity index (χ2v) is 8.16. The van der Waals surface area contributed by atoms with E-state index in [-0.39, 0.29) is 24.3 Å². The number of nitrogens with zero attached hydrogens (tertiary/aromatic N) is 4. The minimum atomic E-state index is -0.486. The molecule has 8 nitrogen and oxygen atoms in total. The van der Waals surface area contributed by atoms with Gasteiger partial charge in [-0.15, -0.1) is 0 Å². The van der Waals surface area contributed by atoms with Crippen LogP contribution in [0.2, 0.25) is 0 Å². The molecule has 31 heavy (non-hydrogen) atoms. The smallest absolute Gasteiger partial charge is 0.245 e. The molecule has 2 aromatic rings. The number of anilines is 1. The zero-order valence-electron chi connectivity index (χ0n) is 17.9. The van der Waals surface area contributed by atoms with Crippen LogP contribution in [-0.2, 0) is 33.8 Å². The van der Waals surface area contributed by atoms with Crippen LogP contribution in [0.25, 0.3) is 0 Å². The summed E-state index contributed by atoms with van der Waals surface area (Å²) in [4.78, 5) is 49.3. The normalized spacial score (nSPS) is 18.0. The molecule has 3 amide bonds. The topological polar surface area (TPSA) is 95.5 Å². The van der Waals surface area contributed by atoms with Crippen LogP contribution in [0, 0.1) is 6.92 Å². The van der Waals surface area contributed by atoms with Gasteiger partial charge in [0.1, 0.15) is 17.7 Å². The van der Waals surface area contributed by atoms with Gasteiger partial charge in [0.05, 0.1) is 6.54 Å². The minimum absolute atomic E-state index is 0.0607. The number of benzene rings is 1. The maximum atomic E-state index is 12.7. The third kappa shape index (κ3) is 4.57. The second-order valence-electron chi connectivity index (χ2n) is 8.16. The summed E-state index contributed by atoms with van der Waals surface area (Å²) in [5.41, 5.74) is 3.00. The van der Waals surface area contributed by atoms with Crippen molar-refractivity contribution in [1.29, 1.82) is 0 Å². The predicted octanol–water partition coefficient (Wildman–Crippen LogP) is 1.54. The Balaban J connectivity index is 1.52. The Kier molecular flexibility index (Phi) is 5.97. The summed E-state index contributed by atoms with van der Waals surface area (Å²) in [5, 5.41) is 2.70. The van der Waals surface area contributed by atoms with Crippen molar-refractivity contribution in [2.24, 2.45) is 0 Å². The molecule has 1 aromatic heterocycles. The van der Waals surface area contributed by atoms with Gasteiger partial charge in [-0.2, -0.15) is 0 Å². The molecule has 2 aliphatic rings. The van der Waals surface area contributed by atoms with Crippen molar-refractivity contribution >= 4 is 23.5 Å². The molecule has 4 rings (SSSR count). The summed E-state index contributed by atoms with van der Waals surface area (Å²) in [6, 6.07) is 9.57. The standard InChI is InChI=1S/C23H27N5O3/c1-15-17-8-11-21(30)28(13-12-16-6-4-3-5-7-16)22(17)26-19(24-15)14-27(2)23(31)18-9-10-20(29)25-18/h3-7,18H,8-14H2,1-2H3,(H,25,29)/t18-/m0/s1. The van der Waals surface area contributed by atoms with Gasteiger partial charge >= 0.3 is 0 Å². The molecule has 162 valence electrons. The van der Waals surface area contributed by atoms with Crippen molar-refractivity contribution in [2.45, 2.75) is 51.6 Å². The number of carbonyl (C=O) groups excluding carboxylic acids is 3. The number of amides is 3. The molecule has 0 unspecified atom stereocenters. The Morgan fingerprint density at radius 2 is 1.94 bits per heavy atom. The molecule has 1 aromatic carbocycles. The lowest BCUT2D eigenvalue weighted by atomic mass is 10.0. The molecule has 1 N–H and O–H groups in total. The fraction of sp³-hybridized carbons (Fsp3) is 0.435. The maximum absolute atomic E-state index is 12.7. The largest absolute Gasteiger partial charge is 0.344 e. The van der Waals surface area contributed by atoms with Crippen LogP contribution in [0.4, 0.5) is 5.82 Å². The first-order valence-electron chi connectivity index (χ1n) is 10.7. The lowest BCUT2D eigenvalue weighted by Crippen LogP contribution is -2.43. The molecule has 0 bridgehead atoms. The Labute approximate surface area is 181 Å². The molecule has 0 saturated carbocycles. The highest BCUT2D eigenvalue weighted by Gasteiger charge is 2.31. The zero-order chi connectivity index (χ0) is 22.0. The van der Waals surface area contributed by atoms with E-state index in [0.29, 0.717) is 43.9 Å². The second kappa shape index (κ2) is 8.83. The van der Waals surface area contributed by atoms with Crippen molar-refractivity contribution in [1.82, 2.24) is 20.2 Å². The Morgan fingerprint density at radius 3 is 2.65 bits per heavy atom. The van der Waals surface area contributed by atoms with Crippen molar-refractivity contribution in [3.05, 3.63) is 53.0 Å². The van der Waals surface area contributed by atoms with E-state index < -0.39 is 6.04 Å². The van der Waals surface area contributed by atoms with Crippen molar-refractivity contribution in [3.63, 3.8) is 0 Å². The van der Waals surface area contributed by atoms with E-state index in [1.54, 1.807) is 11.9 Å². The molecule has 1 atom stereocenters. The molecular weight excluding hydrogens is 394 g/mol. The Hall–Kier alpha value is -3.29. The van der Waals surface area contributed by atoms with Gasteiger partial charge in [0.2, 0.25) is 17.7 Å². The molecule has 0 radical (unpaired) electrons. The third-order valence-electron chi connectivity index (χ3n) is 5.90. The molecule has 1 saturated heterocycles. The fourth-order valence-electron chi connectivity index (χ4n) is 4.18. The van der Waals surface area contributed by atoms with Crippen LogP contribution in [0.3, 0.4) is 0 Å². The predicted molar refractivity (Wildman–Crippen MR) is 115 cm³/mol. The van der Waals surface area contributed by atoms with Crippen molar-refractivity contribution in [3.8, 4) is 0 Å². The highest BCUT2D eigenvalue weighted by atomic mass is 16.2. The molecule has 2 aliphatic heterocycles. The van der Waals surface area contributed by atoms with E-state index in [0.717, 1.165) is 23.2 Å². The lowest BCUT2D eigenvalue weighted by molar-refractivity contribution is -0.133. The van der Waals surface area contributed by atoms with E-state index >= 15 is 0 Å². The van der Waals surface area contributed by atoms with Crippen LogP contribution >= 0.6 is 0 Å². The number of nitrogens with one attached hydrogen (secondary N) is 1. The molecule has 1 fully saturated rings. The van der Waals surface area contributed by atoms with Crippen LogP contribution in [0.1, 0.15) is 41.9 Å². The lowest BCUT2D eigenvalue weighted by Gasteiger charge is -2.30. The van der Waals surface area contributed by atoms with Gasteiger partial charge in [-0.3, -0.25) is 19.3 Å². The van der Waals surface area contributed by atoms with E-state index in [1.807, 2.05) is 37.3 Å². The van der Waals surface area contributed by atoms with Crippen LogP contribution < -0.4 is 10.2 Å². The van der Waals surface area contributed by atoms with Gasteiger partial charge in [0.15, 0.2) is 0 Å². The maximum Gasteiger partial charge on any atom is 0.245 e. The Morgan fingerprint density at radius 1 is 1.16 bits per heavy atom. The first-order chi connectivity index (χ1) is 14.9. The molecule has 3 heterocycles. The first kappa shape index (κ1) is 21.0. The summed E-state index contributed by atoms with van der Waals surface area (Å²) >= 11 is 0.